The van der Waals surface area contributed by atoms with Crippen molar-refractivity contribution < 1.29 is 9.59 Å². The van der Waals surface area contributed by atoms with Gasteiger partial charge in [-0.05, 0) is 49.8 Å². The number of aryl methyl sites for hydroxylation is 1. The van der Waals surface area contributed by atoms with Crippen LogP contribution < -0.4 is 5.32 Å². The van der Waals surface area contributed by atoms with Gasteiger partial charge in [0.05, 0.1) is 6.67 Å². The molecule has 0 saturated carbocycles. The lowest BCUT2D eigenvalue weighted by Gasteiger charge is -2.16. The van der Waals surface area contributed by atoms with Crippen LogP contribution in [0.1, 0.15) is 38.2 Å². The monoisotopic (exact) mass is 284 g/mol. The number of rotatable bonds is 4. The lowest BCUT2D eigenvalue weighted by atomic mass is 9.93. The van der Waals surface area contributed by atoms with Crippen molar-refractivity contribution in [2.45, 2.75) is 39.0 Å². The fourth-order valence-electron chi connectivity index (χ4n) is 2.97. The summed E-state index contributed by atoms with van der Waals surface area (Å²) in [6, 6.07) is 8.08. The van der Waals surface area contributed by atoms with Crippen molar-refractivity contribution in [2.75, 3.05) is 12.0 Å². The Morgan fingerprint density at radius 3 is 2.10 bits per heavy atom. The fraction of sp³-hybridized carbons (Fsp3) is 0.412. The van der Waals surface area contributed by atoms with Crippen LogP contribution in [0.5, 0.6) is 0 Å². The van der Waals surface area contributed by atoms with E-state index in [1.165, 1.54) is 10.5 Å². The molecule has 0 saturated heterocycles. The molecule has 3 rings (SSSR count). The number of nitrogens with one attached hydrogen (secondary N) is 1. The topological polar surface area (TPSA) is 49.4 Å². The number of anilines is 1. The summed E-state index contributed by atoms with van der Waals surface area (Å²) >= 11 is 0. The quantitative estimate of drug-likeness (QED) is 0.865. The molecule has 0 unspecified atom stereocenters. The van der Waals surface area contributed by atoms with Crippen LogP contribution in [0.2, 0.25) is 0 Å². The summed E-state index contributed by atoms with van der Waals surface area (Å²) in [6.45, 7) is 2.36. The van der Waals surface area contributed by atoms with E-state index in [2.05, 4.69) is 24.4 Å². The molecule has 0 fully saturated rings. The summed E-state index contributed by atoms with van der Waals surface area (Å²) in [5, 5.41) is 3.17. The molecule has 0 atom stereocenters. The molecule has 21 heavy (non-hydrogen) atoms. The predicted octanol–water partition coefficient (Wildman–Crippen LogP) is 2.86. The zero-order chi connectivity index (χ0) is 14.8. The zero-order valence-electron chi connectivity index (χ0n) is 12.3. The summed E-state index contributed by atoms with van der Waals surface area (Å²) < 4.78 is 0. The summed E-state index contributed by atoms with van der Waals surface area (Å²) in [4.78, 5) is 25.9. The van der Waals surface area contributed by atoms with Gasteiger partial charge in [0.2, 0.25) is 0 Å². The highest BCUT2D eigenvalue weighted by Gasteiger charge is 2.38. The first kappa shape index (κ1) is 13.9. The van der Waals surface area contributed by atoms with Gasteiger partial charge in [-0.25, -0.2) is 0 Å². The van der Waals surface area contributed by atoms with Crippen LogP contribution in [0, 0.1) is 0 Å². The lowest BCUT2D eigenvalue weighted by molar-refractivity contribution is -0.137. The average molecular weight is 284 g/mol. The van der Waals surface area contributed by atoms with Gasteiger partial charge in [0, 0.05) is 16.8 Å². The van der Waals surface area contributed by atoms with Crippen LogP contribution in [0.15, 0.2) is 35.4 Å². The van der Waals surface area contributed by atoms with Crippen LogP contribution in [0.3, 0.4) is 0 Å². The van der Waals surface area contributed by atoms with Crippen molar-refractivity contribution in [3.63, 3.8) is 0 Å². The van der Waals surface area contributed by atoms with Crippen LogP contribution in [-0.2, 0) is 16.0 Å². The Hall–Kier alpha value is -2.10. The Morgan fingerprint density at radius 2 is 1.57 bits per heavy atom. The largest absolute Gasteiger partial charge is 0.367 e. The summed E-state index contributed by atoms with van der Waals surface area (Å²) in [5.74, 6) is -0.209. The molecule has 1 aromatic rings. The maximum absolute atomic E-state index is 12.3. The molecule has 0 aromatic heterocycles. The molecule has 1 aliphatic carbocycles. The molecular formula is C17H20N2O2. The first-order valence-electron chi connectivity index (χ1n) is 7.61. The smallest absolute Gasteiger partial charge is 0.258 e. The van der Waals surface area contributed by atoms with Crippen molar-refractivity contribution in [3.8, 4) is 0 Å². The normalized spacial score (nSPS) is 18.2. The number of nitrogens with zero attached hydrogens (tertiary/aromatic N) is 1. The standard InChI is InChI=1S/C17H20N2O2/c1-2-12-7-9-13(10-8-12)18-11-19-16(20)14-5-3-4-6-15(14)17(19)21/h7-10,18H,2-6,11H2,1H3. The minimum absolute atomic E-state index is 0.104. The highest BCUT2D eigenvalue weighted by Crippen LogP contribution is 2.32. The fourth-order valence-corrected chi connectivity index (χ4v) is 2.97. The van der Waals surface area contributed by atoms with Crippen LogP contribution in [-0.4, -0.2) is 23.4 Å². The van der Waals surface area contributed by atoms with E-state index in [4.69, 9.17) is 0 Å². The maximum Gasteiger partial charge on any atom is 0.258 e. The minimum Gasteiger partial charge on any atom is -0.367 e. The number of hydrogen-bond acceptors (Lipinski definition) is 3. The molecular weight excluding hydrogens is 264 g/mol. The molecule has 1 aromatic carbocycles. The Kier molecular flexibility index (Phi) is 3.78. The SMILES string of the molecule is CCc1ccc(NCN2C(=O)C3=C(CCCC3)C2=O)cc1. The number of carbonyl (C=O) groups is 2. The summed E-state index contributed by atoms with van der Waals surface area (Å²) in [6.07, 6.45) is 4.53. The number of benzene rings is 1. The number of carbonyl (C=O) groups excluding carboxylic acids is 2. The minimum atomic E-state index is -0.104. The Bertz CT molecular complexity index is 574. The third-order valence-electron chi connectivity index (χ3n) is 4.28. The second-order valence-corrected chi connectivity index (χ2v) is 5.59. The van der Waals surface area contributed by atoms with Crippen molar-refractivity contribution in [2.24, 2.45) is 0 Å². The maximum atomic E-state index is 12.3. The van der Waals surface area contributed by atoms with Crippen LogP contribution in [0.25, 0.3) is 0 Å². The molecule has 0 radical (unpaired) electrons. The van der Waals surface area contributed by atoms with Crippen molar-refractivity contribution >= 4 is 17.5 Å². The Labute approximate surface area is 124 Å². The second-order valence-electron chi connectivity index (χ2n) is 5.59. The van der Waals surface area contributed by atoms with Crippen molar-refractivity contribution in [1.82, 2.24) is 4.90 Å². The molecule has 0 spiro atoms. The molecule has 2 amide bonds. The molecule has 4 heteroatoms. The van der Waals surface area contributed by atoms with Gasteiger partial charge in [-0.3, -0.25) is 14.5 Å². The summed E-state index contributed by atoms with van der Waals surface area (Å²) in [5.41, 5.74) is 3.69. The molecule has 0 bridgehead atoms. The predicted molar refractivity (Wildman–Crippen MR) is 81.7 cm³/mol. The van der Waals surface area contributed by atoms with E-state index in [1.54, 1.807) is 0 Å². The Morgan fingerprint density at radius 1 is 1.00 bits per heavy atom. The van der Waals surface area contributed by atoms with Gasteiger partial charge >= 0.3 is 0 Å². The number of imide groups is 1. The molecule has 1 heterocycles. The number of amides is 2. The third-order valence-corrected chi connectivity index (χ3v) is 4.28. The van der Waals surface area contributed by atoms with Gasteiger partial charge in [0.15, 0.2) is 0 Å². The van der Waals surface area contributed by atoms with E-state index >= 15 is 0 Å². The van der Waals surface area contributed by atoms with Crippen molar-refractivity contribution in [3.05, 3.63) is 41.0 Å². The van der Waals surface area contributed by atoms with E-state index in [9.17, 15) is 9.59 Å². The van der Waals surface area contributed by atoms with Crippen LogP contribution in [0.4, 0.5) is 5.69 Å². The zero-order valence-corrected chi connectivity index (χ0v) is 12.3. The number of hydrogen-bond donors (Lipinski definition) is 1. The Balaban J connectivity index is 1.66. The second kappa shape index (κ2) is 5.72. The first-order valence-corrected chi connectivity index (χ1v) is 7.61. The van der Waals surface area contributed by atoms with E-state index in [0.717, 1.165) is 48.9 Å². The van der Waals surface area contributed by atoms with Crippen molar-refractivity contribution in [1.29, 1.82) is 0 Å². The van der Waals surface area contributed by atoms with Crippen LogP contribution >= 0.6 is 0 Å². The van der Waals surface area contributed by atoms with Gasteiger partial charge in [-0.2, -0.15) is 0 Å². The van der Waals surface area contributed by atoms with E-state index < -0.39 is 0 Å². The molecule has 1 N–H and O–H groups in total. The summed E-state index contributed by atoms with van der Waals surface area (Å²) in [7, 11) is 0. The molecule has 1 aliphatic heterocycles. The van der Waals surface area contributed by atoms with Gasteiger partial charge in [0.1, 0.15) is 0 Å². The van der Waals surface area contributed by atoms with Gasteiger partial charge in [-0.15, -0.1) is 0 Å². The van der Waals surface area contributed by atoms with E-state index in [0.29, 0.717) is 0 Å². The average Bonchev–Trinajstić information content (AvgIpc) is 2.78. The molecule has 2 aliphatic rings. The molecule has 110 valence electrons. The molecule has 4 nitrogen and oxygen atoms in total. The van der Waals surface area contributed by atoms with Gasteiger partial charge < -0.3 is 5.32 Å². The van der Waals surface area contributed by atoms with E-state index in [1.807, 2.05) is 12.1 Å². The highest BCUT2D eigenvalue weighted by molar-refractivity contribution is 6.19. The highest BCUT2D eigenvalue weighted by atomic mass is 16.2. The van der Waals surface area contributed by atoms with Gasteiger partial charge in [-0.1, -0.05) is 19.1 Å². The first-order chi connectivity index (χ1) is 10.2. The third kappa shape index (κ3) is 2.58. The lowest BCUT2D eigenvalue weighted by Crippen LogP contribution is -2.36. The van der Waals surface area contributed by atoms with Gasteiger partial charge in [0.25, 0.3) is 11.8 Å². The van der Waals surface area contributed by atoms with E-state index in [-0.39, 0.29) is 18.5 Å².